The topological polar surface area (TPSA) is 116 Å². The number of carbonyl (C=O) groups excluding carboxylic acids is 2. The van der Waals surface area contributed by atoms with E-state index < -0.39 is 17.9 Å². The maximum atomic E-state index is 13.5. The van der Waals surface area contributed by atoms with Crippen molar-refractivity contribution in [1.29, 1.82) is 0 Å². The number of benzene rings is 1. The number of amides is 2. The summed E-state index contributed by atoms with van der Waals surface area (Å²) in [7, 11) is 0. The van der Waals surface area contributed by atoms with Gasteiger partial charge < -0.3 is 25.4 Å². The molecule has 0 bridgehead atoms. The molecule has 204 valence electrons. The second-order valence-corrected chi connectivity index (χ2v) is 10.6. The molecule has 4 rings (SSSR count). The van der Waals surface area contributed by atoms with Crippen molar-refractivity contribution in [2.75, 3.05) is 52.4 Å². The van der Waals surface area contributed by atoms with E-state index in [0.717, 1.165) is 55.4 Å². The molecule has 3 unspecified atom stereocenters. The SMILES string of the molecule is CCCCN(CCCCN)C(=O)CN1CC(c2ccc3c(c2)CCO3)C(C(=O)O)C1CN1CCCC1=O. The third kappa shape index (κ3) is 6.44. The van der Waals surface area contributed by atoms with Crippen LogP contribution in [-0.4, -0.2) is 96.1 Å². The van der Waals surface area contributed by atoms with Gasteiger partial charge in [0.2, 0.25) is 11.8 Å². The molecular formula is C28H42N4O5. The van der Waals surface area contributed by atoms with Crippen molar-refractivity contribution in [3.63, 3.8) is 0 Å². The van der Waals surface area contributed by atoms with E-state index in [2.05, 4.69) is 13.0 Å². The Balaban J connectivity index is 1.58. The molecule has 3 N–H and O–H groups in total. The van der Waals surface area contributed by atoms with E-state index in [1.165, 1.54) is 0 Å². The molecule has 0 saturated carbocycles. The number of ether oxygens (including phenoxy) is 1. The van der Waals surface area contributed by atoms with Gasteiger partial charge in [0, 0.05) is 57.5 Å². The predicted octanol–water partition coefficient (Wildman–Crippen LogP) is 2.08. The zero-order valence-corrected chi connectivity index (χ0v) is 22.1. The van der Waals surface area contributed by atoms with Crippen LogP contribution in [0.15, 0.2) is 18.2 Å². The molecule has 3 atom stereocenters. The number of carboxylic acids is 1. The smallest absolute Gasteiger partial charge is 0.308 e. The lowest BCUT2D eigenvalue weighted by Crippen LogP contribution is -2.49. The summed E-state index contributed by atoms with van der Waals surface area (Å²) in [6, 6.07) is 5.56. The molecule has 9 nitrogen and oxygen atoms in total. The second-order valence-electron chi connectivity index (χ2n) is 10.6. The summed E-state index contributed by atoms with van der Waals surface area (Å²) in [4.78, 5) is 44.4. The van der Waals surface area contributed by atoms with Gasteiger partial charge >= 0.3 is 5.97 Å². The van der Waals surface area contributed by atoms with E-state index in [-0.39, 0.29) is 24.3 Å². The number of nitrogens with two attached hydrogens (primary N) is 1. The van der Waals surface area contributed by atoms with Gasteiger partial charge in [-0.1, -0.05) is 25.5 Å². The minimum Gasteiger partial charge on any atom is -0.493 e. The zero-order chi connectivity index (χ0) is 26.4. The molecule has 0 aliphatic carbocycles. The second kappa shape index (κ2) is 12.7. The minimum atomic E-state index is -0.876. The summed E-state index contributed by atoms with van der Waals surface area (Å²) in [6.07, 6.45) is 5.76. The van der Waals surface area contributed by atoms with Crippen LogP contribution in [-0.2, 0) is 20.8 Å². The molecule has 0 radical (unpaired) electrons. The number of nitrogens with zero attached hydrogens (tertiary/aromatic N) is 3. The number of likely N-dealkylation sites (tertiary alicyclic amines) is 2. The van der Waals surface area contributed by atoms with Crippen LogP contribution < -0.4 is 10.5 Å². The van der Waals surface area contributed by atoms with Crippen molar-refractivity contribution in [3.05, 3.63) is 29.3 Å². The molecule has 1 aromatic carbocycles. The van der Waals surface area contributed by atoms with Gasteiger partial charge in [0.1, 0.15) is 5.75 Å². The lowest BCUT2D eigenvalue weighted by molar-refractivity contribution is -0.144. The number of rotatable bonds is 13. The van der Waals surface area contributed by atoms with Crippen molar-refractivity contribution in [3.8, 4) is 5.75 Å². The van der Waals surface area contributed by atoms with Gasteiger partial charge in [0.05, 0.1) is 19.1 Å². The molecule has 9 heteroatoms. The number of carboxylic acid groups (broad SMARTS) is 1. The molecule has 37 heavy (non-hydrogen) atoms. The summed E-state index contributed by atoms with van der Waals surface area (Å²) in [5.41, 5.74) is 7.74. The fourth-order valence-corrected chi connectivity index (χ4v) is 6.05. The van der Waals surface area contributed by atoms with E-state index >= 15 is 0 Å². The minimum absolute atomic E-state index is 0.0235. The van der Waals surface area contributed by atoms with E-state index in [4.69, 9.17) is 10.5 Å². The van der Waals surface area contributed by atoms with Gasteiger partial charge in [-0.05, 0) is 49.4 Å². The standard InChI is InChI=1S/C28H42N4O5/c1-2-3-12-30(13-5-4-11-29)26(34)19-32-17-22(20-8-9-24-21(16-20)10-15-37-24)27(28(35)36)23(32)18-31-14-6-7-25(31)33/h8-9,16,22-23,27H,2-7,10-15,17-19,29H2,1H3,(H,35,36). The summed E-state index contributed by atoms with van der Waals surface area (Å²) < 4.78 is 5.66. The molecule has 1 aromatic rings. The van der Waals surface area contributed by atoms with Crippen LogP contribution in [0.4, 0.5) is 0 Å². The first-order chi connectivity index (χ1) is 17.9. The molecule has 3 aliphatic heterocycles. The van der Waals surface area contributed by atoms with E-state index in [1.807, 2.05) is 21.9 Å². The Morgan fingerprint density at radius 2 is 2.00 bits per heavy atom. The highest BCUT2D eigenvalue weighted by molar-refractivity contribution is 5.80. The average molecular weight is 515 g/mol. The molecule has 3 heterocycles. The molecule has 0 spiro atoms. The maximum Gasteiger partial charge on any atom is 0.308 e. The fourth-order valence-electron chi connectivity index (χ4n) is 6.05. The predicted molar refractivity (Wildman–Crippen MR) is 140 cm³/mol. The Morgan fingerprint density at radius 1 is 1.19 bits per heavy atom. The monoisotopic (exact) mass is 514 g/mol. The molecular weight excluding hydrogens is 472 g/mol. The van der Waals surface area contributed by atoms with Gasteiger partial charge in [-0.2, -0.15) is 0 Å². The zero-order valence-electron chi connectivity index (χ0n) is 22.1. The van der Waals surface area contributed by atoms with Gasteiger partial charge in [-0.3, -0.25) is 19.3 Å². The highest BCUT2D eigenvalue weighted by Gasteiger charge is 2.48. The average Bonchev–Trinajstić information content (AvgIpc) is 3.60. The molecule has 2 saturated heterocycles. The normalized spacial score (nSPS) is 23.4. The summed E-state index contributed by atoms with van der Waals surface area (Å²) in [5, 5.41) is 10.4. The first-order valence-corrected chi connectivity index (χ1v) is 13.9. The number of carbonyl (C=O) groups is 3. The third-order valence-corrected chi connectivity index (χ3v) is 8.11. The van der Waals surface area contributed by atoms with Gasteiger partial charge in [-0.15, -0.1) is 0 Å². The number of hydrogen-bond acceptors (Lipinski definition) is 6. The summed E-state index contributed by atoms with van der Waals surface area (Å²) >= 11 is 0. The number of hydrogen-bond donors (Lipinski definition) is 2. The van der Waals surface area contributed by atoms with Crippen molar-refractivity contribution in [2.45, 2.75) is 63.8 Å². The Labute approximate surface area is 219 Å². The first kappa shape index (κ1) is 27.4. The molecule has 3 aliphatic rings. The number of fused-ring (bicyclic) bond motifs is 1. The van der Waals surface area contributed by atoms with Crippen LogP contribution in [0.5, 0.6) is 5.75 Å². The first-order valence-electron chi connectivity index (χ1n) is 13.9. The van der Waals surface area contributed by atoms with Crippen LogP contribution in [0.1, 0.15) is 62.5 Å². The van der Waals surface area contributed by atoms with Crippen LogP contribution in [0.2, 0.25) is 0 Å². The largest absolute Gasteiger partial charge is 0.493 e. The quantitative estimate of drug-likeness (QED) is 0.387. The van der Waals surface area contributed by atoms with E-state index in [0.29, 0.717) is 52.3 Å². The van der Waals surface area contributed by atoms with Gasteiger partial charge in [0.25, 0.3) is 0 Å². The molecule has 0 aromatic heterocycles. The molecule has 2 amide bonds. The van der Waals surface area contributed by atoms with Crippen molar-refractivity contribution < 1.29 is 24.2 Å². The highest BCUT2D eigenvalue weighted by atomic mass is 16.5. The van der Waals surface area contributed by atoms with Crippen LogP contribution in [0.25, 0.3) is 0 Å². The molecule has 2 fully saturated rings. The summed E-state index contributed by atoms with van der Waals surface area (Å²) in [5.74, 6) is -0.888. The third-order valence-electron chi connectivity index (χ3n) is 8.11. The Kier molecular flexibility index (Phi) is 9.43. The number of aliphatic carboxylic acids is 1. The van der Waals surface area contributed by atoms with Gasteiger partial charge in [-0.25, -0.2) is 0 Å². The van der Waals surface area contributed by atoms with Crippen molar-refractivity contribution in [2.24, 2.45) is 11.7 Å². The Morgan fingerprint density at radius 3 is 2.70 bits per heavy atom. The van der Waals surface area contributed by atoms with E-state index in [1.54, 1.807) is 4.90 Å². The Hall–Kier alpha value is -2.65. The van der Waals surface area contributed by atoms with Crippen molar-refractivity contribution in [1.82, 2.24) is 14.7 Å². The number of unbranched alkanes of at least 4 members (excludes halogenated alkanes) is 2. The van der Waals surface area contributed by atoms with Gasteiger partial charge in [0.15, 0.2) is 0 Å². The fraction of sp³-hybridized carbons (Fsp3) is 0.679. The van der Waals surface area contributed by atoms with E-state index in [9.17, 15) is 19.5 Å². The Bertz CT molecular complexity index is 970. The van der Waals surface area contributed by atoms with Crippen molar-refractivity contribution >= 4 is 17.8 Å². The van der Waals surface area contributed by atoms with Crippen LogP contribution in [0.3, 0.4) is 0 Å². The summed E-state index contributed by atoms with van der Waals surface area (Å²) in [6.45, 7) is 6.32. The lowest BCUT2D eigenvalue weighted by Gasteiger charge is -2.32. The highest BCUT2D eigenvalue weighted by Crippen LogP contribution is 2.40. The van der Waals surface area contributed by atoms with Crippen LogP contribution in [0, 0.1) is 5.92 Å². The maximum absolute atomic E-state index is 13.5. The lowest BCUT2D eigenvalue weighted by atomic mass is 9.84. The van der Waals surface area contributed by atoms with Crippen LogP contribution >= 0.6 is 0 Å².